The van der Waals surface area contributed by atoms with Crippen molar-refractivity contribution in [3.8, 4) is 5.69 Å². The topological polar surface area (TPSA) is 126 Å². The van der Waals surface area contributed by atoms with Crippen molar-refractivity contribution >= 4 is 9.84 Å². The van der Waals surface area contributed by atoms with Gasteiger partial charge in [0.1, 0.15) is 0 Å². The smallest absolute Gasteiger partial charge is 0.276 e. The minimum Gasteiger partial charge on any atom is -0.396 e. The average molecular weight is 493 g/mol. The molecule has 0 radical (unpaired) electrons. The Morgan fingerprint density at radius 1 is 1.21 bits per heavy atom. The molecule has 0 unspecified atom stereocenters. The molecule has 2 aromatic rings. The molecular weight excluding hydrogens is 460 g/mol. The minimum absolute atomic E-state index is 0.0113. The molecule has 2 fully saturated rings. The van der Waals surface area contributed by atoms with Crippen LogP contribution in [-0.2, 0) is 24.0 Å². The normalized spacial score (nSPS) is 29.2. The highest BCUT2D eigenvalue weighted by atomic mass is 32.2. The van der Waals surface area contributed by atoms with Gasteiger partial charge in [-0.15, -0.1) is 0 Å². The van der Waals surface area contributed by atoms with Crippen molar-refractivity contribution in [2.24, 2.45) is 5.41 Å². The molecule has 0 saturated carbocycles. The van der Waals surface area contributed by atoms with Crippen LogP contribution in [0, 0.1) is 5.41 Å². The number of tetrazole rings is 1. The maximum absolute atomic E-state index is 12.8. The van der Waals surface area contributed by atoms with Gasteiger partial charge < -0.3 is 19.3 Å². The third-order valence-corrected chi connectivity index (χ3v) is 7.79. The Morgan fingerprint density at radius 2 is 1.97 bits per heavy atom. The number of para-hydroxylation sites is 1. The van der Waals surface area contributed by atoms with E-state index in [2.05, 4.69) is 22.4 Å². The van der Waals surface area contributed by atoms with Crippen molar-refractivity contribution < 1.29 is 27.7 Å². The molecule has 186 valence electrons. The van der Waals surface area contributed by atoms with Gasteiger partial charge in [-0.1, -0.05) is 36.3 Å². The van der Waals surface area contributed by atoms with Crippen LogP contribution in [0.25, 0.3) is 5.69 Å². The third-order valence-electron chi connectivity index (χ3n) is 6.48. The van der Waals surface area contributed by atoms with Gasteiger partial charge in [0, 0.05) is 23.9 Å². The fraction of sp³-hybridized carbons (Fsp3) is 0.609. The molecule has 1 N–H and O–H groups in total. The van der Waals surface area contributed by atoms with Crippen LogP contribution in [0.5, 0.6) is 0 Å². The first-order chi connectivity index (χ1) is 16.1. The standard InChI is InChI=1S/C23H32N4O6S/c1-22(2)31-16-23(3)19(12-13-28)32-18(15-20(23)33-22)11-7-8-14-34(29,30)21-24-25-26-27(21)17-9-5-4-6-10-17/h4-6,8-10,14,18-20,28H,7,11-13,15-16H2,1-3H3/b14-8+/t18-,19+,20-,23+/m1/s1. The molecule has 4 atom stereocenters. The molecule has 0 amide bonds. The lowest BCUT2D eigenvalue weighted by Gasteiger charge is -2.55. The van der Waals surface area contributed by atoms with Crippen LogP contribution in [-0.4, -0.2) is 71.0 Å². The molecule has 0 spiro atoms. The molecule has 2 aliphatic rings. The van der Waals surface area contributed by atoms with Gasteiger partial charge in [-0.2, -0.15) is 4.68 Å². The number of aliphatic hydroxyl groups is 1. The fourth-order valence-electron chi connectivity index (χ4n) is 4.56. The van der Waals surface area contributed by atoms with E-state index >= 15 is 0 Å². The van der Waals surface area contributed by atoms with Crippen LogP contribution in [0.3, 0.4) is 0 Å². The zero-order valence-electron chi connectivity index (χ0n) is 19.7. The van der Waals surface area contributed by atoms with Crippen LogP contribution in [0.2, 0.25) is 0 Å². The van der Waals surface area contributed by atoms with Crippen molar-refractivity contribution in [2.75, 3.05) is 13.2 Å². The number of hydrogen-bond acceptors (Lipinski definition) is 9. The Morgan fingerprint density at radius 3 is 2.71 bits per heavy atom. The summed E-state index contributed by atoms with van der Waals surface area (Å²) in [6.45, 7) is 6.38. The third kappa shape index (κ3) is 5.23. The number of aromatic nitrogens is 4. The molecule has 10 nitrogen and oxygen atoms in total. The SMILES string of the molecule is CC1(C)OC[C@@]2(C)[C@H](CCO)O[C@H](CC/C=C/S(=O)(=O)c3nnnn3-c3ccccc3)C[C@H]2O1. The van der Waals surface area contributed by atoms with Crippen molar-refractivity contribution in [3.63, 3.8) is 0 Å². The first-order valence-electron chi connectivity index (χ1n) is 11.5. The number of nitrogens with zero attached hydrogens (tertiary/aromatic N) is 4. The zero-order chi connectivity index (χ0) is 24.4. The van der Waals surface area contributed by atoms with Gasteiger partial charge in [-0.05, 0) is 55.7 Å². The summed E-state index contributed by atoms with van der Waals surface area (Å²) in [4.78, 5) is 0. The zero-order valence-corrected chi connectivity index (χ0v) is 20.5. The molecular formula is C23H32N4O6S. The molecule has 2 saturated heterocycles. The number of hydrogen-bond donors (Lipinski definition) is 1. The highest BCUT2D eigenvalue weighted by molar-refractivity contribution is 7.94. The monoisotopic (exact) mass is 492 g/mol. The van der Waals surface area contributed by atoms with E-state index in [0.29, 0.717) is 38.0 Å². The summed E-state index contributed by atoms with van der Waals surface area (Å²) in [7, 11) is -3.83. The van der Waals surface area contributed by atoms with E-state index in [4.69, 9.17) is 14.2 Å². The number of aliphatic hydroxyl groups excluding tert-OH is 1. The molecule has 4 rings (SSSR count). The van der Waals surface area contributed by atoms with Gasteiger partial charge in [0.25, 0.3) is 5.16 Å². The van der Waals surface area contributed by atoms with Gasteiger partial charge in [-0.25, -0.2) is 8.42 Å². The summed E-state index contributed by atoms with van der Waals surface area (Å²) < 4.78 is 45.3. The van der Waals surface area contributed by atoms with Gasteiger partial charge >= 0.3 is 0 Å². The number of benzene rings is 1. The Kier molecular flexibility index (Phi) is 7.20. The molecule has 11 heteroatoms. The first kappa shape index (κ1) is 24.9. The Bertz CT molecular complexity index is 1100. The van der Waals surface area contributed by atoms with Crippen molar-refractivity contribution in [1.82, 2.24) is 20.2 Å². The summed E-state index contributed by atoms with van der Waals surface area (Å²) in [6, 6.07) is 8.86. The second kappa shape index (κ2) is 9.82. The molecule has 3 heterocycles. The van der Waals surface area contributed by atoms with E-state index in [1.54, 1.807) is 30.3 Å². The summed E-state index contributed by atoms with van der Waals surface area (Å²) in [5, 5.41) is 21.5. The molecule has 1 aromatic heterocycles. The summed E-state index contributed by atoms with van der Waals surface area (Å²) >= 11 is 0. The number of allylic oxidation sites excluding steroid dienone is 1. The van der Waals surface area contributed by atoms with Crippen molar-refractivity contribution in [3.05, 3.63) is 41.8 Å². The molecule has 0 aliphatic carbocycles. The van der Waals surface area contributed by atoms with Crippen molar-refractivity contribution in [2.45, 2.75) is 75.7 Å². The summed E-state index contributed by atoms with van der Waals surface area (Å²) in [6.07, 6.45) is 3.48. The second-order valence-electron chi connectivity index (χ2n) is 9.50. The van der Waals surface area contributed by atoms with E-state index in [0.717, 1.165) is 5.41 Å². The highest BCUT2D eigenvalue weighted by Crippen LogP contribution is 2.46. The van der Waals surface area contributed by atoms with Gasteiger partial charge in [0.05, 0.1) is 30.6 Å². The van der Waals surface area contributed by atoms with E-state index < -0.39 is 15.6 Å². The van der Waals surface area contributed by atoms with Crippen LogP contribution < -0.4 is 0 Å². The lowest BCUT2D eigenvalue weighted by atomic mass is 9.72. The number of sulfone groups is 1. The molecule has 1 aromatic carbocycles. The minimum atomic E-state index is -3.83. The van der Waals surface area contributed by atoms with Gasteiger partial charge in [0.15, 0.2) is 5.79 Å². The highest BCUT2D eigenvalue weighted by Gasteiger charge is 2.53. The quantitative estimate of drug-likeness (QED) is 0.591. The average Bonchev–Trinajstić information content (AvgIpc) is 3.30. The van der Waals surface area contributed by atoms with E-state index in [1.165, 1.54) is 4.68 Å². The Balaban J connectivity index is 1.41. The van der Waals surface area contributed by atoms with Crippen LogP contribution in [0.15, 0.2) is 47.0 Å². The second-order valence-corrected chi connectivity index (χ2v) is 11.2. The number of ether oxygens (including phenoxy) is 3. The van der Waals surface area contributed by atoms with Crippen LogP contribution in [0.1, 0.15) is 46.5 Å². The molecule has 34 heavy (non-hydrogen) atoms. The largest absolute Gasteiger partial charge is 0.396 e. The molecule has 2 aliphatic heterocycles. The summed E-state index contributed by atoms with van der Waals surface area (Å²) in [5.74, 6) is -0.674. The lowest BCUT2D eigenvalue weighted by molar-refractivity contribution is -0.354. The van der Waals surface area contributed by atoms with E-state index in [-0.39, 0.29) is 35.5 Å². The first-order valence-corrected chi connectivity index (χ1v) is 13.0. The van der Waals surface area contributed by atoms with E-state index in [9.17, 15) is 13.5 Å². The summed E-state index contributed by atoms with van der Waals surface area (Å²) in [5.41, 5.74) is 0.218. The molecule has 0 bridgehead atoms. The predicted octanol–water partition coefficient (Wildman–Crippen LogP) is 2.43. The number of fused-ring (bicyclic) bond motifs is 1. The van der Waals surface area contributed by atoms with Crippen molar-refractivity contribution in [1.29, 1.82) is 0 Å². The van der Waals surface area contributed by atoms with Gasteiger partial charge in [0.2, 0.25) is 9.84 Å². The Hall–Kier alpha value is -2.18. The van der Waals surface area contributed by atoms with E-state index in [1.807, 2.05) is 19.9 Å². The fourth-order valence-corrected chi connectivity index (χ4v) is 5.60. The predicted molar refractivity (Wildman–Crippen MR) is 123 cm³/mol. The van der Waals surface area contributed by atoms with Crippen LogP contribution in [0.4, 0.5) is 0 Å². The Labute approximate surface area is 199 Å². The van der Waals surface area contributed by atoms with Gasteiger partial charge in [-0.3, -0.25) is 0 Å². The maximum Gasteiger partial charge on any atom is 0.276 e. The lowest BCUT2D eigenvalue weighted by Crippen LogP contribution is -2.61. The maximum atomic E-state index is 12.8. The van der Waals surface area contributed by atoms with Crippen LogP contribution >= 0.6 is 0 Å². The number of rotatable bonds is 8.